The molecule has 1 fully saturated rings. The largest absolute Gasteiger partial charge is 0.489 e. The number of ether oxygens (including phenoxy) is 1. The minimum Gasteiger partial charge on any atom is -0.489 e. The Hall–Kier alpha value is -2.81. The highest BCUT2D eigenvalue weighted by atomic mass is 35.5. The van der Waals surface area contributed by atoms with Crippen LogP contribution in [0.2, 0.25) is 10.0 Å². The standard InChI is InChI=1S/C23H18Cl2N2O5S/c24-16-11-27(29)12-17(25)21(16)26-23(28)15-9-10-18(32-13-5-1-2-6-13)22-20(15)14-7-3-4-8-19(14)33(22,30)31/h3-4,7-13,29H,1-2,5-6H2. The molecule has 10 heteroatoms. The normalized spacial score (nSPS) is 16.3. The van der Waals surface area contributed by atoms with Crippen molar-refractivity contribution >= 4 is 38.9 Å². The molecule has 0 unspecified atom stereocenters. The molecule has 0 saturated heterocycles. The van der Waals surface area contributed by atoms with E-state index in [9.17, 15) is 18.4 Å². The van der Waals surface area contributed by atoms with E-state index < -0.39 is 15.7 Å². The molecule has 2 heterocycles. The van der Waals surface area contributed by atoms with Crippen LogP contribution in [0.3, 0.4) is 0 Å². The van der Waals surface area contributed by atoms with E-state index in [-0.39, 0.29) is 48.2 Å². The quantitative estimate of drug-likeness (QED) is 0.399. The van der Waals surface area contributed by atoms with E-state index in [1.165, 1.54) is 18.2 Å². The van der Waals surface area contributed by atoms with Crippen LogP contribution in [-0.2, 0) is 9.84 Å². The zero-order chi connectivity index (χ0) is 23.3. The summed E-state index contributed by atoms with van der Waals surface area (Å²) >= 11 is 12.2. The number of hydrogen-bond acceptors (Lipinski definition) is 5. The number of amides is 1. The molecule has 1 aromatic heterocycles. The maximum Gasteiger partial charge on any atom is 0.278 e. The van der Waals surface area contributed by atoms with Crippen LogP contribution in [0.4, 0.5) is 0 Å². The summed E-state index contributed by atoms with van der Waals surface area (Å²) in [6.07, 6.45) is 5.99. The monoisotopic (exact) mass is 504 g/mol. The molecule has 33 heavy (non-hydrogen) atoms. The Labute approximate surface area is 199 Å². The number of carbonyl (C=O) groups is 1. The van der Waals surface area contributed by atoms with Gasteiger partial charge in [0.2, 0.25) is 9.84 Å². The third-order valence-corrected chi connectivity index (χ3v) is 8.25. The molecular formula is C23H18Cl2N2O5S. The maximum absolute atomic E-state index is 13.5. The van der Waals surface area contributed by atoms with Crippen molar-refractivity contribution in [3.05, 3.63) is 69.8 Å². The van der Waals surface area contributed by atoms with Crippen LogP contribution in [0.1, 0.15) is 36.0 Å². The summed E-state index contributed by atoms with van der Waals surface area (Å²) in [5.74, 6) is -0.480. The lowest BCUT2D eigenvalue weighted by Gasteiger charge is -2.17. The Kier molecular flexibility index (Phi) is 5.47. The highest BCUT2D eigenvalue weighted by Gasteiger charge is 2.39. The van der Waals surface area contributed by atoms with Crippen LogP contribution in [0, 0.1) is 0 Å². The highest BCUT2D eigenvalue weighted by Crippen LogP contribution is 2.49. The van der Waals surface area contributed by atoms with Crippen molar-refractivity contribution in [2.24, 2.45) is 4.99 Å². The first-order valence-electron chi connectivity index (χ1n) is 10.3. The average molecular weight is 505 g/mol. The van der Waals surface area contributed by atoms with Crippen molar-refractivity contribution in [2.45, 2.75) is 41.6 Å². The van der Waals surface area contributed by atoms with Gasteiger partial charge in [0.1, 0.15) is 16.0 Å². The second kappa shape index (κ2) is 8.20. The van der Waals surface area contributed by atoms with Crippen molar-refractivity contribution in [2.75, 3.05) is 0 Å². The van der Waals surface area contributed by atoms with E-state index >= 15 is 0 Å². The van der Waals surface area contributed by atoms with Crippen molar-refractivity contribution in [3.63, 3.8) is 0 Å². The van der Waals surface area contributed by atoms with Crippen LogP contribution in [0.15, 0.2) is 63.6 Å². The number of hydrogen-bond donors (Lipinski definition) is 1. The van der Waals surface area contributed by atoms with Gasteiger partial charge in [-0.3, -0.25) is 4.79 Å². The van der Waals surface area contributed by atoms with E-state index in [0.717, 1.165) is 38.1 Å². The van der Waals surface area contributed by atoms with Crippen LogP contribution >= 0.6 is 23.2 Å². The first-order valence-corrected chi connectivity index (χ1v) is 12.5. The summed E-state index contributed by atoms with van der Waals surface area (Å²) in [4.78, 5) is 17.4. The molecule has 170 valence electrons. The van der Waals surface area contributed by atoms with Crippen molar-refractivity contribution < 1.29 is 23.2 Å². The number of carbonyl (C=O) groups excluding carboxylic acids is 1. The molecule has 7 nitrogen and oxygen atoms in total. The van der Waals surface area contributed by atoms with Gasteiger partial charge in [0, 0.05) is 11.1 Å². The Morgan fingerprint density at radius 3 is 2.42 bits per heavy atom. The molecule has 0 radical (unpaired) electrons. The van der Waals surface area contributed by atoms with Crippen molar-refractivity contribution in [3.8, 4) is 16.9 Å². The molecule has 1 amide bonds. The van der Waals surface area contributed by atoms with Gasteiger partial charge < -0.3 is 9.94 Å². The maximum atomic E-state index is 13.5. The van der Waals surface area contributed by atoms with E-state index in [1.54, 1.807) is 18.2 Å². The molecular weight excluding hydrogens is 487 g/mol. The van der Waals surface area contributed by atoms with Gasteiger partial charge in [-0.2, -0.15) is 4.73 Å². The summed E-state index contributed by atoms with van der Waals surface area (Å²) < 4.78 is 33.7. The zero-order valence-electron chi connectivity index (χ0n) is 17.2. The molecule has 1 saturated carbocycles. The molecule has 1 N–H and O–H groups in total. The fraction of sp³-hybridized carbons (Fsp3) is 0.217. The number of pyridine rings is 1. The van der Waals surface area contributed by atoms with Gasteiger partial charge in [-0.15, -0.1) is 0 Å². The molecule has 0 spiro atoms. The number of aromatic nitrogens is 1. The summed E-state index contributed by atoms with van der Waals surface area (Å²) in [7, 11) is -3.90. The SMILES string of the molecule is O=C(N=c1c(Cl)cn(O)cc1Cl)c1ccc(OC2CCCC2)c2c1-c1ccccc1S2(=O)=O. The summed E-state index contributed by atoms with van der Waals surface area (Å²) in [5.41, 5.74) is 0.766. The van der Waals surface area contributed by atoms with Gasteiger partial charge >= 0.3 is 0 Å². The zero-order valence-corrected chi connectivity index (χ0v) is 19.5. The van der Waals surface area contributed by atoms with E-state index in [0.29, 0.717) is 10.3 Å². The average Bonchev–Trinajstić information content (AvgIpc) is 3.36. The lowest BCUT2D eigenvalue weighted by atomic mass is 9.99. The lowest BCUT2D eigenvalue weighted by molar-refractivity contribution is 0.0998. The highest BCUT2D eigenvalue weighted by molar-refractivity contribution is 7.92. The Bertz CT molecular complexity index is 1450. The first-order chi connectivity index (χ1) is 15.8. The van der Waals surface area contributed by atoms with Crippen LogP contribution in [0.25, 0.3) is 11.1 Å². The minimum atomic E-state index is -3.90. The molecule has 2 aliphatic rings. The van der Waals surface area contributed by atoms with E-state index in [2.05, 4.69) is 4.99 Å². The second-order valence-corrected chi connectivity index (χ2v) is 10.6. The van der Waals surface area contributed by atoms with Gasteiger partial charge in [0.05, 0.1) is 39.0 Å². The number of nitrogens with zero attached hydrogens (tertiary/aromatic N) is 2. The smallest absolute Gasteiger partial charge is 0.278 e. The van der Waals surface area contributed by atoms with Gasteiger partial charge in [-0.1, -0.05) is 41.4 Å². The summed E-state index contributed by atoms with van der Waals surface area (Å²) in [6.45, 7) is 0. The van der Waals surface area contributed by atoms with Crippen LogP contribution in [-0.4, -0.2) is 30.4 Å². The Balaban J connectivity index is 1.72. The molecule has 3 aromatic rings. The van der Waals surface area contributed by atoms with E-state index in [1.807, 2.05) is 0 Å². The number of benzene rings is 2. The fourth-order valence-corrected chi connectivity index (χ4v) is 6.69. The van der Waals surface area contributed by atoms with Crippen LogP contribution in [0.5, 0.6) is 5.75 Å². The van der Waals surface area contributed by atoms with Crippen molar-refractivity contribution in [1.82, 2.24) is 4.73 Å². The van der Waals surface area contributed by atoms with Crippen molar-refractivity contribution in [1.29, 1.82) is 0 Å². The Morgan fingerprint density at radius 2 is 1.73 bits per heavy atom. The van der Waals surface area contributed by atoms with Gasteiger partial charge in [0.25, 0.3) is 5.91 Å². The summed E-state index contributed by atoms with van der Waals surface area (Å²) in [6, 6.07) is 9.55. The number of rotatable bonds is 3. The number of fused-ring (bicyclic) bond motifs is 3. The minimum absolute atomic E-state index is 0.0184. The van der Waals surface area contributed by atoms with Gasteiger partial charge in [-0.05, 0) is 43.9 Å². The lowest BCUT2D eigenvalue weighted by Crippen LogP contribution is -2.15. The predicted octanol–water partition coefficient (Wildman–Crippen LogP) is 4.91. The second-order valence-electron chi connectivity index (χ2n) is 7.94. The first kappa shape index (κ1) is 22.0. The fourth-order valence-electron chi connectivity index (χ4n) is 4.35. The molecule has 2 aromatic carbocycles. The number of halogens is 2. The topological polar surface area (TPSA) is 98.0 Å². The van der Waals surface area contributed by atoms with E-state index in [4.69, 9.17) is 27.9 Å². The molecule has 1 aliphatic heterocycles. The Morgan fingerprint density at radius 1 is 1.06 bits per heavy atom. The number of sulfone groups is 1. The van der Waals surface area contributed by atoms with Crippen LogP contribution < -0.4 is 10.1 Å². The molecule has 1 aliphatic carbocycles. The molecule has 0 atom stereocenters. The third kappa shape index (κ3) is 3.72. The molecule has 0 bridgehead atoms. The predicted molar refractivity (Wildman–Crippen MR) is 122 cm³/mol. The third-order valence-electron chi connectivity index (χ3n) is 5.82. The molecule has 5 rings (SSSR count). The summed E-state index contributed by atoms with van der Waals surface area (Å²) in [5, 5.41) is 9.45. The van der Waals surface area contributed by atoms with Gasteiger partial charge in [0.15, 0.2) is 0 Å². The van der Waals surface area contributed by atoms with Gasteiger partial charge in [-0.25, -0.2) is 13.4 Å².